The second-order valence-corrected chi connectivity index (χ2v) is 7.68. The van der Waals surface area contributed by atoms with E-state index in [1.165, 1.54) is 45.1 Å². The molecule has 128 valence electrons. The van der Waals surface area contributed by atoms with Crippen molar-refractivity contribution in [3.05, 3.63) is 29.3 Å². The second-order valence-electron chi connectivity index (χ2n) is 7.68. The predicted octanol–water partition coefficient (Wildman–Crippen LogP) is 4.74. The maximum absolute atomic E-state index is 5.95. The maximum atomic E-state index is 5.95. The molecule has 0 unspecified atom stereocenters. The molecule has 0 aromatic heterocycles. The van der Waals surface area contributed by atoms with Crippen LogP contribution in [0.2, 0.25) is 0 Å². The van der Waals surface area contributed by atoms with Crippen LogP contribution in [-0.4, -0.2) is 31.1 Å². The Morgan fingerprint density at radius 2 is 2.13 bits per heavy atom. The Balaban J connectivity index is 0.00000156. The van der Waals surface area contributed by atoms with Gasteiger partial charge in [-0.2, -0.15) is 0 Å². The fourth-order valence-electron chi connectivity index (χ4n) is 5.49. The molecule has 0 spiro atoms. The normalized spacial score (nSPS) is 32.4. The van der Waals surface area contributed by atoms with Crippen LogP contribution in [0.4, 0.5) is 0 Å². The molecule has 2 bridgehead atoms. The van der Waals surface area contributed by atoms with Gasteiger partial charge >= 0.3 is 0 Å². The minimum absolute atomic E-state index is 0. The minimum Gasteiger partial charge on any atom is -0.494 e. The van der Waals surface area contributed by atoms with E-state index >= 15 is 0 Å². The minimum atomic E-state index is 0. The average Bonchev–Trinajstić information content (AvgIpc) is 2.56. The van der Waals surface area contributed by atoms with Crippen LogP contribution in [0, 0.1) is 5.92 Å². The summed E-state index contributed by atoms with van der Waals surface area (Å²) >= 11 is 0. The molecule has 1 saturated carbocycles. The van der Waals surface area contributed by atoms with Gasteiger partial charge in [0.2, 0.25) is 0 Å². The fourth-order valence-corrected chi connectivity index (χ4v) is 5.49. The van der Waals surface area contributed by atoms with Gasteiger partial charge in [-0.25, -0.2) is 0 Å². The number of likely N-dealkylation sites (N-methyl/N-ethyl adjacent to an activating group) is 1. The molecule has 1 heterocycles. The number of piperidine rings is 1. The third-order valence-electron chi connectivity index (χ3n) is 6.56. The van der Waals surface area contributed by atoms with Crippen LogP contribution < -0.4 is 4.74 Å². The largest absolute Gasteiger partial charge is 0.494 e. The van der Waals surface area contributed by atoms with Crippen LogP contribution in [0.25, 0.3) is 0 Å². The van der Waals surface area contributed by atoms with Gasteiger partial charge in [0, 0.05) is 11.5 Å². The number of rotatable bonds is 3. The van der Waals surface area contributed by atoms with Gasteiger partial charge < -0.3 is 9.64 Å². The third kappa shape index (κ3) is 2.74. The number of halogens is 1. The highest BCUT2D eigenvalue weighted by atomic mass is 79.9. The highest BCUT2D eigenvalue weighted by Crippen LogP contribution is 2.55. The Kier molecular flexibility index (Phi) is 5.08. The van der Waals surface area contributed by atoms with Crippen LogP contribution in [0.5, 0.6) is 5.75 Å². The smallest absolute Gasteiger partial charge is 0.119 e. The van der Waals surface area contributed by atoms with Gasteiger partial charge in [-0.05, 0) is 74.9 Å². The SMILES string of the molecule is Br.CCCOc1ccc2c(c1)[C@@]13CCCC[C@H]1[C@@H](C2)N(C)CC3. The summed E-state index contributed by atoms with van der Waals surface area (Å²) in [6.07, 6.45) is 9.32. The highest BCUT2D eigenvalue weighted by Gasteiger charge is 2.53. The van der Waals surface area contributed by atoms with Crippen LogP contribution in [0.15, 0.2) is 18.2 Å². The van der Waals surface area contributed by atoms with Crippen molar-refractivity contribution in [3.63, 3.8) is 0 Å². The molecule has 0 N–H and O–H groups in total. The zero-order valence-corrected chi connectivity index (χ0v) is 16.2. The Morgan fingerprint density at radius 3 is 2.96 bits per heavy atom. The Bertz CT molecular complexity index is 561. The Morgan fingerprint density at radius 1 is 1.26 bits per heavy atom. The number of benzene rings is 1. The number of hydrogen-bond donors (Lipinski definition) is 0. The van der Waals surface area contributed by atoms with E-state index in [9.17, 15) is 0 Å². The van der Waals surface area contributed by atoms with Gasteiger partial charge in [0.05, 0.1) is 6.61 Å². The number of hydrogen-bond acceptors (Lipinski definition) is 2. The quantitative estimate of drug-likeness (QED) is 0.751. The molecular weight excluding hydrogens is 350 g/mol. The van der Waals surface area contributed by atoms with Gasteiger partial charge in [-0.1, -0.05) is 25.8 Å². The predicted molar refractivity (Wildman–Crippen MR) is 101 cm³/mol. The van der Waals surface area contributed by atoms with E-state index in [2.05, 4.69) is 37.1 Å². The summed E-state index contributed by atoms with van der Waals surface area (Å²) < 4.78 is 5.95. The van der Waals surface area contributed by atoms with Gasteiger partial charge in [0.25, 0.3) is 0 Å². The molecule has 3 atom stereocenters. The molecule has 3 aliphatic rings. The van der Waals surface area contributed by atoms with Crippen LogP contribution >= 0.6 is 17.0 Å². The molecule has 0 amide bonds. The van der Waals surface area contributed by atoms with E-state index in [-0.39, 0.29) is 17.0 Å². The first-order valence-corrected chi connectivity index (χ1v) is 9.21. The molecule has 3 heteroatoms. The topological polar surface area (TPSA) is 12.5 Å². The lowest BCUT2D eigenvalue weighted by Gasteiger charge is -2.58. The average molecular weight is 380 g/mol. The van der Waals surface area contributed by atoms with Gasteiger partial charge in [-0.15, -0.1) is 17.0 Å². The molecule has 2 fully saturated rings. The summed E-state index contributed by atoms with van der Waals surface area (Å²) in [5, 5.41) is 0. The lowest BCUT2D eigenvalue weighted by molar-refractivity contribution is 0.00271. The van der Waals surface area contributed by atoms with Crippen molar-refractivity contribution < 1.29 is 4.74 Å². The van der Waals surface area contributed by atoms with Crippen molar-refractivity contribution in [2.45, 2.75) is 63.3 Å². The molecule has 2 aliphatic carbocycles. The van der Waals surface area contributed by atoms with Crippen molar-refractivity contribution in [2.75, 3.05) is 20.2 Å². The van der Waals surface area contributed by atoms with Crippen LogP contribution in [0.1, 0.15) is 56.6 Å². The molecule has 1 saturated heterocycles. The third-order valence-corrected chi connectivity index (χ3v) is 6.56. The summed E-state index contributed by atoms with van der Waals surface area (Å²) in [6.45, 7) is 4.27. The van der Waals surface area contributed by atoms with E-state index < -0.39 is 0 Å². The van der Waals surface area contributed by atoms with E-state index in [0.29, 0.717) is 5.41 Å². The molecule has 1 aromatic carbocycles. The molecule has 1 aromatic rings. The van der Waals surface area contributed by atoms with E-state index in [4.69, 9.17) is 4.74 Å². The zero-order chi connectivity index (χ0) is 15.2. The summed E-state index contributed by atoms with van der Waals surface area (Å²) in [5.41, 5.74) is 3.70. The zero-order valence-electron chi connectivity index (χ0n) is 14.5. The first kappa shape index (κ1) is 17.3. The van der Waals surface area contributed by atoms with Crippen LogP contribution in [-0.2, 0) is 11.8 Å². The second kappa shape index (κ2) is 6.76. The van der Waals surface area contributed by atoms with Crippen molar-refractivity contribution in [3.8, 4) is 5.75 Å². The van der Waals surface area contributed by atoms with E-state index in [1.807, 2.05) is 0 Å². The summed E-state index contributed by atoms with van der Waals surface area (Å²) in [4.78, 5) is 2.64. The Labute approximate surface area is 151 Å². The number of likely N-dealkylation sites (tertiary alicyclic amines) is 1. The van der Waals surface area contributed by atoms with Crippen molar-refractivity contribution in [2.24, 2.45) is 5.92 Å². The number of nitrogens with zero attached hydrogens (tertiary/aromatic N) is 1. The first-order chi connectivity index (χ1) is 10.7. The molecule has 4 rings (SSSR count). The number of fused-ring (bicyclic) bond motifs is 1. The van der Waals surface area contributed by atoms with E-state index in [1.54, 1.807) is 11.1 Å². The Hall–Kier alpha value is -0.540. The van der Waals surface area contributed by atoms with Crippen molar-refractivity contribution >= 4 is 17.0 Å². The molecule has 23 heavy (non-hydrogen) atoms. The number of ether oxygens (including phenoxy) is 1. The van der Waals surface area contributed by atoms with Crippen LogP contribution in [0.3, 0.4) is 0 Å². The highest BCUT2D eigenvalue weighted by molar-refractivity contribution is 8.93. The van der Waals surface area contributed by atoms with E-state index in [0.717, 1.165) is 30.7 Å². The lowest BCUT2D eigenvalue weighted by atomic mass is 9.52. The van der Waals surface area contributed by atoms with Crippen molar-refractivity contribution in [1.29, 1.82) is 0 Å². The standard InChI is InChI=1S/C20H29NO.BrH/c1-3-12-22-16-8-7-15-13-19-17-6-4-5-9-20(17,18(15)14-16)10-11-21(19)2;/h7-8,14,17,19H,3-6,9-13H2,1-2H3;1H/t17-,19+,20+;/m0./s1. The lowest BCUT2D eigenvalue weighted by Crippen LogP contribution is -2.59. The summed E-state index contributed by atoms with van der Waals surface area (Å²) in [5.74, 6) is 1.96. The first-order valence-electron chi connectivity index (χ1n) is 9.21. The molecule has 0 radical (unpaired) electrons. The monoisotopic (exact) mass is 379 g/mol. The fraction of sp³-hybridized carbons (Fsp3) is 0.700. The van der Waals surface area contributed by atoms with Crippen molar-refractivity contribution in [1.82, 2.24) is 4.90 Å². The molecule has 1 aliphatic heterocycles. The van der Waals surface area contributed by atoms with Gasteiger partial charge in [0.15, 0.2) is 0 Å². The van der Waals surface area contributed by atoms with Gasteiger partial charge in [-0.3, -0.25) is 0 Å². The maximum Gasteiger partial charge on any atom is 0.119 e. The van der Waals surface area contributed by atoms with Gasteiger partial charge in [0.1, 0.15) is 5.75 Å². The molecule has 2 nitrogen and oxygen atoms in total. The summed E-state index contributed by atoms with van der Waals surface area (Å²) in [7, 11) is 2.34. The molecular formula is C20H30BrNO. The summed E-state index contributed by atoms with van der Waals surface area (Å²) in [6, 6.07) is 7.73.